The molecule has 0 saturated carbocycles. The Kier molecular flexibility index (Phi) is 5.18. The van der Waals surface area contributed by atoms with Crippen LogP contribution in [0, 0.1) is 11.6 Å². The van der Waals surface area contributed by atoms with Crippen LogP contribution in [0.2, 0.25) is 0 Å². The maximum Gasteiger partial charge on any atom is 0.250 e. The second kappa shape index (κ2) is 6.42. The topological polar surface area (TPSA) is 64.3 Å². The number of methoxy groups -OCH3 is 1. The first-order valence-electron chi connectivity index (χ1n) is 5.47. The second-order valence-corrected chi connectivity index (χ2v) is 3.86. The Morgan fingerprint density at radius 1 is 1.44 bits per heavy atom. The number of hydrogen-bond acceptors (Lipinski definition) is 3. The van der Waals surface area contributed by atoms with Crippen LogP contribution in [0.4, 0.5) is 8.78 Å². The number of halogens is 2. The van der Waals surface area contributed by atoms with Gasteiger partial charge >= 0.3 is 0 Å². The second-order valence-electron chi connectivity index (χ2n) is 3.86. The number of ether oxygens (including phenoxy) is 1. The van der Waals surface area contributed by atoms with Crippen molar-refractivity contribution >= 4 is 5.91 Å². The Balaban J connectivity index is 2.73. The molecular weight excluding hydrogens is 242 g/mol. The fourth-order valence-electron chi connectivity index (χ4n) is 1.48. The van der Waals surface area contributed by atoms with Crippen molar-refractivity contribution in [1.82, 2.24) is 5.32 Å². The van der Waals surface area contributed by atoms with E-state index in [4.69, 9.17) is 10.5 Å². The van der Waals surface area contributed by atoms with Gasteiger partial charge in [0.15, 0.2) is 11.6 Å². The molecule has 0 fully saturated rings. The largest absolute Gasteiger partial charge is 0.370 e. The fourth-order valence-corrected chi connectivity index (χ4v) is 1.48. The molecular formula is C12H16F2N2O2. The SMILES string of the molecule is COC(CN)C(=O)NC(C)c1ccc(F)c(F)c1. The van der Waals surface area contributed by atoms with Gasteiger partial charge in [0.05, 0.1) is 6.04 Å². The van der Waals surface area contributed by atoms with Crippen molar-refractivity contribution in [2.75, 3.05) is 13.7 Å². The third-order valence-corrected chi connectivity index (χ3v) is 2.59. The highest BCUT2D eigenvalue weighted by molar-refractivity contribution is 5.81. The minimum atomic E-state index is -0.948. The van der Waals surface area contributed by atoms with Crippen LogP contribution >= 0.6 is 0 Å². The maximum atomic E-state index is 13.0. The molecule has 2 unspecified atom stereocenters. The summed E-state index contributed by atoms with van der Waals surface area (Å²) in [5.41, 5.74) is 5.81. The Morgan fingerprint density at radius 3 is 2.61 bits per heavy atom. The Hall–Kier alpha value is -1.53. The van der Waals surface area contributed by atoms with E-state index in [0.29, 0.717) is 5.56 Å². The van der Waals surface area contributed by atoms with Crippen molar-refractivity contribution in [2.45, 2.75) is 19.1 Å². The van der Waals surface area contributed by atoms with Crippen LogP contribution in [0.3, 0.4) is 0 Å². The van der Waals surface area contributed by atoms with Crippen molar-refractivity contribution < 1.29 is 18.3 Å². The van der Waals surface area contributed by atoms with Crippen molar-refractivity contribution in [1.29, 1.82) is 0 Å². The summed E-state index contributed by atoms with van der Waals surface area (Å²) in [5.74, 6) is -2.26. The van der Waals surface area contributed by atoms with Crippen LogP contribution in [-0.4, -0.2) is 25.7 Å². The highest BCUT2D eigenvalue weighted by atomic mass is 19.2. The number of nitrogens with one attached hydrogen (secondary N) is 1. The summed E-state index contributed by atoms with van der Waals surface area (Å²) in [6, 6.07) is 3.01. The lowest BCUT2D eigenvalue weighted by Gasteiger charge is -2.18. The molecule has 0 aliphatic heterocycles. The van der Waals surface area contributed by atoms with Crippen LogP contribution in [0.1, 0.15) is 18.5 Å². The Labute approximate surface area is 104 Å². The predicted molar refractivity (Wildman–Crippen MR) is 62.8 cm³/mol. The minimum Gasteiger partial charge on any atom is -0.370 e. The predicted octanol–water partition coefficient (Wildman–Crippen LogP) is 1.12. The zero-order valence-corrected chi connectivity index (χ0v) is 10.2. The molecule has 1 aromatic rings. The zero-order valence-electron chi connectivity index (χ0n) is 10.2. The lowest BCUT2D eigenvalue weighted by molar-refractivity contribution is -0.131. The molecule has 1 amide bonds. The number of carbonyl (C=O) groups excluding carboxylic acids is 1. The van der Waals surface area contributed by atoms with E-state index in [1.165, 1.54) is 13.2 Å². The normalized spacial score (nSPS) is 14.1. The van der Waals surface area contributed by atoms with Gasteiger partial charge in [0, 0.05) is 13.7 Å². The van der Waals surface area contributed by atoms with E-state index >= 15 is 0 Å². The summed E-state index contributed by atoms with van der Waals surface area (Å²) >= 11 is 0. The number of benzene rings is 1. The summed E-state index contributed by atoms with van der Waals surface area (Å²) in [5, 5.41) is 2.61. The molecule has 1 rings (SSSR count). The molecule has 1 aromatic carbocycles. The van der Waals surface area contributed by atoms with Crippen molar-refractivity contribution in [3.8, 4) is 0 Å². The van der Waals surface area contributed by atoms with E-state index in [1.54, 1.807) is 6.92 Å². The third-order valence-electron chi connectivity index (χ3n) is 2.59. The number of hydrogen-bond donors (Lipinski definition) is 2. The van der Waals surface area contributed by atoms with Crippen molar-refractivity contribution in [2.24, 2.45) is 5.73 Å². The van der Waals surface area contributed by atoms with Gasteiger partial charge in [-0.15, -0.1) is 0 Å². The monoisotopic (exact) mass is 258 g/mol. The van der Waals surface area contributed by atoms with Gasteiger partial charge in [-0.25, -0.2) is 8.78 Å². The molecule has 18 heavy (non-hydrogen) atoms. The lowest BCUT2D eigenvalue weighted by atomic mass is 10.1. The molecule has 0 aliphatic rings. The van der Waals surface area contributed by atoms with E-state index in [1.807, 2.05) is 0 Å². The summed E-state index contributed by atoms with van der Waals surface area (Å²) in [6.45, 7) is 1.71. The quantitative estimate of drug-likeness (QED) is 0.831. The summed E-state index contributed by atoms with van der Waals surface area (Å²) in [4.78, 5) is 11.7. The Bertz CT molecular complexity index is 423. The first-order valence-corrected chi connectivity index (χ1v) is 5.47. The number of nitrogens with two attached hydrogens (primary N) is 1. The number of carbonyl (C=O) groups is 1. The molecule has 0 spiro atoms. The summed E-state index contributed by atoms with van der Waals surface area (Å²) in [6.07, 6.45) is -0.752. The molecule has 0 bridgehead atoms. The number of rotatable bonds is 5. The van der Waals surface area contributed by atoms with E-state index in [-0.39, 0.29) is 6.54 Å². The van der Waals surface area contributed by atoms with Crippen LogP contribution in [0.25, 0.3) is 0 Å². The molecule has 3 N–H and O–H groups in total. The van der Waals surface area contributed by atoms with Crippen molar-refractivity contribution in [3.05, 3.63) is 35.4 Å². The summed E-state index contributed by atoms with van der Waals surface area (Å²) < 4.78 is 30.7. The van der Waals surface area contributed by atoms with Crippen LogP contribution in [-0.2, 0) is 9.53 Å². The zero-order chi connectivity index (χ0) is 13.7. The van der Waals surface area contributed by atoms with Gasteiger partial charge < -0.3 is 15.8 Å². The number of amides is 1. The van der Waals surface area contributed by atoms with Crippen LogP contribution < -0.4 is 11.1 Å². The highest BCUT2D eigenvalue weighted by Gasteiger charge is 2.19. The molecule has 0 saturated heterocycles. The molecule has 0 aromatic heterocycles. The first-order chi connectivity index (χ1) is 8.49. The van der Waals surface area contributed by atoms with Gasteiger partial charge in [-0.1, -0.05) is 6.07 Å². The lowest BCUT2D eigenvalue weighted by Crippen LogP contribution is -2.41. The van der Waals surface area contributed by atoms with Crippen LogP contribution in [0.5, 0.6) is 0 Å². The van der Waals surface area contributed by atoms with Gasteiger partial charge in [0.25, 0.3) is 5.91 Å². The van der Waals surface area contributed by atoms with E-state index in [9.17, 15) is 13.6 Å². The summed E-state index contributed by atoms with van der Waals surface area (Å²) in [7, 11) is 1.37. The van der Waals surface area contributed by atoms with Gasteiger partial charge in [0.2, 0.25) is 0 Å². The molecule has 0 radical (unpaired) electrons. The molecule has 100 valence electrons. The van der Waals surface area contributed by atoms with Crippen LogP contribution in [0.15, 0.2) is 18.2 Å². The van der Waals surface area contributed by atoms with Gasteiger partial charge in [0.1, 0.15) is 6.10 Å². The molecule has 0 heterocycles. The van der Waals surface area contributed by atoms with E-state index < -0.39 is 29.7 Å². The highest BCUT2D eigenvalue weighted by Crippen LogP contribution is 2.16. The van der Waals surface area contributed by atoms with E-state index in [0.717, 1.165) is 12.1 Å². The first kappa shape index (κ1) is 14.5. The van der Waals surface area contributed by atoms with Gasteiger partial charge in [-0.3, -0.25) is 4.79 Å². The smallest absolute Gasteiger partial charge is 0.250 e. The fraction of sp³-hybridized carbons (Fsp3) is 0.417. The third kappa shape index (κ3) is 3.48. The average molecular weight is 258 g/mol. The maximum absolute atomic E-state index is 13.0. The molecule has 6 heteroatoms. The Morgan fingerprint density at radius 2 is 2.11 bits per heavy atom. The molecule has 2 atom stereocenters. The van der Waals surface area contributed by atoms with Crippen molar-refractivity contribution in [3.63, 3.8) is 0 Å². The molecule has 4 nitrogen and oxygen atoms in total. The standard InChI is InChI=1S/C12H16F2N2O2/c1-7(16-12(17)11(6-15)18-2)8-3-4-9(13)10(14)5-8/h3-5,7,11H,6,15H2,1-2H3,(H,16,17). The minimum absolute atomic E-state index is 0.0484. The molecule has 0 aliphatic carbocycles. The van der Waals surface area contributed by atoms with Gasteiger partial charge in [-0.2, -0.15) is 0 Å². The van der Waals surface area contributed by atoms with E-state index in [2.05, 4.69) is 5.32 Å². The van der Waals surface area contributed by atoms with Gasteiger partial charge in [-0.05, 0) is 24.6 Å². The average Bonchev–Trinajstić information content (AvgIpc) is 2.34.